The number of hydrogen-bond donors (Lipinski definition) is 2. The summed E-state index contributed by atoms with van der Waals surface area (Å²) in [6, 6.07) is 24.3. The molecule has 1 atom stereocenters. The molecule has 0 saturated heterocycles. The van der Waals surface area contributed by atoms with Gasteiger partial charge in [0.2, 0.25) is 0 Å². The maximum absolute atomic E-state index is 12.7. The first-order valence-electron chi connectivity index (χ1n) is 9.94. The Hall–Kier alpha value is -3.37. The van der Waals surface area contributed by atoms with Crippen molar-refractivity contribution in [3.05, 3.63) is 99.2 Å². The van der Waals surface area contributed by atoms with Crippen LogP contribution in [0.15, 0.2) is 87.8 Å². The summed E-state index contributed by atoms with van der Waals surface area (Å²) in [7, 11) is 0. The summed E-state index contributed by atoms with van der Waals surface area (Å²) in [4.78, 5) is 14.5. The van der Waals surface area contributed by atoms with Crippen molar-refractivity contribution in [3.63, 3.8) is 0 Å². The van der Waals surface area contributed by atoms with Gasteiger partial charge in [-0.15, -0.1) is 12.6 Å². The zero-order valence-electron chi connectivity index (χ0n) is 16.9. The SMILES string of the molecule is N#CC1=C(S)N(c2cccc3ccccc23)C(c2ccc(-c3ccc(Cl)cc3Cl)o2)NC1=O. The van der Waals surface area contributed by atoms with Crippen molar-refractivity contribution in [3.8, 4) is 17.4 Å². The van der Waals surface area contributed by atoms with Gasteiger partial charge in [0, 0.05) is 16.0 Å². The molecule has 4 aromatic rings. The second kappa shape index (κ2) is 8.53. The number of nitriles is 1. The first-order chi connectivity index (χ1) is 16.0. The monoisotopic (exact) mass is 491 g/mol. The van der Waals surface area contributed by atoms with E-state index in [9.17, 15) is 10.1 Å². The topological polar surface area (TPSA) is 69.3 Å². The number of amides is 1. The minimum Gasteiger partial charge on any atom is -0.457 e. The number of halogens is 2. The third-order valence-electron chi connectivity index (χ3n) is 5.44. The van der Waals surface area contributed by atoms with Gasteiger partial charge in [-0.1, -0.05) is 59.6 Å². The van der Waals surface area contributed by atoms with Crippen molar-refractivity contribution in [1.82, 2.24) is 5.32 Å². The van der Waals surface area contributed by atoms with Crippen molar-refractivity contribution >= 4 is 58.2 Å². The Morgan fingerprint density at radius 1 is 1.03 bits per heavy atom. The molecule has 5 rings (SSSR count). The number of nitrogens with one attached hydrogen (secondary N) is 1. The van der Waals surface area contributed by atoms with Crippen LogP contribution in [0, 0.1) is 11.3 Å². The highest BCUT2D eigenvalue weighted by Crippen LogP contribution is 2.41. The van der Waals surface area contributed by atoms with Crippen LogP contribution in [-0.4, -0.2) is 5.91 Å². The highest BCUT2D eigenvalue weighted by atomic mass is 35.5. The molecule has 33 heavy (non-hydrogen) atoms. The molecule has 0 saturated carbocycles. The van der Waals surface area contributed by atoms with Gasteiger partial charge in [-0.2, -0.15) is 5.26 Å². The van der Waals surface area contributed by atoms with Gasteiger partial charge in [-0.05, 0) is 41.8 Å². The molecule has 3 aromatic carbocycles. The van der Waals surface area contributed by atoms with E-state index in [0.717, 1.165) is 16.5 Å². The van der Waals surface area contributed by atoms with E-state index in [1.165, 1.54) is 0 Å². The van der Waals surface area contributed by atoms with Gasteiger partial charge in [0.25, 0.3) is 5.91 Å². The molecule has 1 aliphatic rings. The largest absolute Gasteiger partial charge is 0.457 e. The summed E-state index contributed by atoms with van der Waals surface area (Å²) in [5.74, 6) is 0.460. The van der Waals surface area contributed by atoms with Crippen LogP contribution in [-0.2, 0) is 4.79 Å². The molecule has 1 aliphatic heterocycles. The Bertz CT molecular complexity index is 1480. The van der Waals surface area contributed by atoms with Gasteiger partial charge < -0.3 is 14.6 Å². The van der Waals surface area contributed by atoms with Crippen LogP contribution < -0.4 is 10.2 Å². The fourth-order valence-electron chi connectivity index (χ4n) is 3.91. The highest BCUT2D eigenvalue weighted by molar-refractivity contribution is 7.84. The maximum atomic E-state index is 12.7. The van der Waals surface area contributed by atoms with E-state index < -0.39 is 12.1 Å². The Morgan fingerprint density at radius 3 is 2.61 bits per heavy atom. The molecule has 0 bridgehead atoms. The van der Waals surface area contributed by atoms with Gasteiger partial charge >= 0.3 is 0 Å². The van der Waals surface area contributed by atoms with Crippen LogP contribution in [0.4, 0.5) is 5.69 Å². The van der Waals surface area contributed by atoms with Gasteiger partial charge in [0.1, 0.15) is 23.2 Å². The first kappa shape index (κ1) is 21.5. The minimum atomic E-state index is -0.729. The quantitative estimate of drug-likeness (QED) is 0.312. The van der Waals surface area contributed by atoms with E-state index in [1.54, 1.807) is 35.2 Å². The number of benzene rings is 3. The van der Waals surface area contributed by atoms with Crippen LogP contribution in [0.3, 0.4) is 0 Å². The number of nitrogens with zero attached hydrogens (tertiary/aromatic N) is 2. The molecular weight excluding hydrogens is 477 g/mol. The maximum Gasteiger partial charge on any atom is 0.266 e. The molecular formula is C25H15Cl2N3O2S. The van der Waals surface area contributed by atoms with Crippen molar-refractivity contribution in [2.24, 2.45) is 0 Å². The molecule has 8 heteroatoms. The average molecular weight is 492 g/mol. The van der Waals surface area contributed by atoms with Gasteiger partial charge in [0.15, 0.2) is 6.17 Å². The van der Waals surface area contributed by atoms with E-state index in [2.05, 4.69) is 17.9 Å². The molecule has 5 nitrogen and oxygen atoms in total. The number of thiol groups is 1. The normalized spacial score (nSPS) is 16.1. The third kappa shape index (κ3) is 3.75. The number of furan rings is 1. The second-order valence-electron chi connectivity index (χ2n) is 7.38. The number of rotatable bonds is 3. The first-order valence-corrected chi connectivity index (χ1v) is 11.1. The molecule has 0 radical (unpaired) electrons. The Kier molecular flexibility index (Phi) is 5.55. The second-order valence-corrected chi connectivity index (χ2v) is 8.65. The van der Waals surface area contributed by atoms with E-state index in [4.69, 9.17) is 27.6 Å². The van der Waals surface area contributed by atoms with E-state index in [0.29, 0.717) is 27.1 Å². The fraction of sp³-hybridized carbons (Fsp3) is 0.0400. The third-order valence-corrected chi connectivity index (χ3v) is 6.42. The van der Waals surface area contributed by atoms with E-state index >= 15 is 0 Å². The molecule has 0 spiro atoms. The van der Waals surface area contributed by atoms with Crippen molar-refractivity contribution in [2.75, 3.05) is 4.90 Å². The zero-order valence-corrected chi connectivity index (χ0v) is 19.3. The summed E-state index contributed by atoms with van der Waals surface area (Å²) in [5, 5.41) is 15.6. The Labute approximate surface area is 205 Å². The summed E-state index contributed by atoms with van der Waals surface area (Å²) in [6.45, 7) is 0. The van der Waals surface area contributed by atoms with Crippen LogP contribution in [0.2, 0.25) is 10.0 Å². The fourth-order valence-corrected chi connectivity index (χ4v) is 4.79. The van der Waals surface area contributed by atoms with Crippen LogP contribution in [0.5, 0.6) is 0 Å². The molecule has 2 heterocycles. The highest BCUT2D eigenvalue weighted by Gasteiger charge is 2.36. The molecule has 162 valence electrons. The number of carbonyl (C=O) groups excluding carboxylic acids is 1. The minimum absolute atomic E-state index is 0.0740. The van der Waals surface area contributed by atoms with Crippen molar-refractivity contribution in [1.29, 1.82) is 5.26 Å². The lowest BCUT2D eigenvalue weighted by Crippen LogP contribution is -2.46. The Morgan fingerprint density at radius 2 is 1.82 bits per heavy atom. The van der Waals surface area contributed by atoms with Gasteiger partial charge in [0.05, 0.1) is 15.7 Å². The predicted octanol–water partition coefficient (Wildman–Crippen LogP) is 6.71. The number of fused-ring (bicyclic) bond motifs is 1. The Balaban J connectivity index is 1.66. The zero-order chi connectivity index (χ0) is 23.1. The smallest absolute Gasteiger partial charge is 0.266 e. The van der Waals surface area contributed by atoms with Crippen molar-refractivity contribution < 1.29 is 9.21 Å². The standard InChI is InChI=1S/C25H15Cl2N3O2S/c26-15-8-9-17(19(27)12-15)21-10-11-22(32-21)23-29-24(31)18(13-28)25(33)30(23)20-7-3-5-14-4-1-2-6-16(14)20/h1-12,23,33H,(H,29,31). The summed E-state index contributed by atoms with van der Waals surface area (Å²) < 4.78 is 6.14. The lowest BCUT2D eigenvalue weighted by atomic mass is 10.1. The van der Waals surface area contributed by atoms with Gasteiger partial charge in [-0.3, -0.25) is 4.79 Å². The summed E-state index contributed by atoms with van der Waals surface area (Å²) >= 11 is 17.0. The molecule has 1 N–H and O–H groups in total. The lowest BCUT2D eigenvalue weighted by Gasteiger charge is -2.37. The van der Waals surface area contributed by atoms with E-state index in [1.807, 2.05) is 48.5 Å². The molecule has 1 aromatic heterocycles. The summed E-state index contributed by atoms with van der Waals surface area (Å²) in [5.41, 5.74) is 1.37. The summed E-state index contributed by atoms with van der Waals surface area (Å²) in [6.07, 6.45) is -0.729. The van der Waals surface area contributed by atoms with Gasteiger partial charge in [-0.25, -0.2) is 0 Å². The molecule has 0 aliphatic carbocycles. The van der Waals surface area contributed by atoms with Crippen LogP contribution >= 0.6 is 35.8 Å². The van der Waals surface area contributed by atoms with Crippen molar-refractivity contribution in [2.45, 2.75) is 6.17 Å². The molecule has 1 amide bonds. The number of carbonyl (C=O) groups is 1. The molecule has 1 unspecified atom stereocenters. The van der Waals surface area contributed by atoms with Crippen LogP contribution in [0.1, 0.15) is 11.9 Å². The average Bonchev–Trinajstić information content (AvgIpc) is 3.28. The lowest BCUT2D eigenvalue weighted by molar-refractivity contribution is -0.118. The number of hydrogen-bond acceptors (Lipinski definition) is 5. The number of anilines is 1. The van der Waals surface area contributed by atoms with Crippen LogP contribution in [0.25, 0.3) is 22.1 Å². The van der Waals surface area contributed by atoms with E-state index in [-0.39, 0.29) is 10.6 Å². The molecule has 0 fully saturated rings. The predicted molar refractivity (Wildman–Crippen MR) is 133 cm³/mol.